The van der Waals surface area contributed by atoms with Crippen molar-refractivity contribution >= 4 is 239 Å². The molecule has 0 spiro atoms. The Kier molecular flexibility index (Phi) is 15.9. The Morgan fingerprint density at radius 3 is 1.01 bits per heavy atom. The summed E-state index contributed by atoms with van der Waals surface area (Å²) in [5.74, 6) is 0. The van der Waals surface area contributed by atoms with Crippen molar-refractivity contribution in [1.29, 1.82) is 0 Å². The highest BCUT2D eigenvalue weighted by atomic mass is 32.1. The van der Waals surface area contributed by atoms with Gasteiger partial charge >= 0.3 is 0 Å². The van der Waals surface area contributed by atoms with E-state index in [0.29, 0.717) is 0 Å². The van der Waals surface area contributed by atoms with Crippen molar-refractivity contribution in [2.75, 3.05) is 0 Å². The molecule has 137 heavy (non-hydrogen) atoms. The van der Waals surface area contributed by atoms with Gasteiger partial charge in [-0.25, -0.2) is 0 Å². The fraction of sp³-hybridized carbons (Fsp3) is 0.0236. The zero-order chi connectivity index (χ0) is 89.7. The van der Waals surface area contributed by atoms with E-state index >= 15 is 0 Å². The van der Waals surface area contributed by atoms with Gasteiger partial charge in [0.2, 0.25) is 0 Å². The Labute approximate surface area is 786 Å². The van der Waals surface area contributed by atoms with Gasteiger partial charge < -0.3 is 40.7 Å². The average molecular weight is 1770 g/mol. The molecule has 32 rings (SSSR count). The molecule has 10 heteroatoms. The van der Waals surface area contributed by atoms with Gasteiger partial charge in [-0.3, -0.25) is 0 Å². The van der Waals surface area contributed by atoms with E-state index < -0.39 is 0 Å². The number of hydrogen-bond donors (Lipinski definition) is 0. The van der Waals surface area contributed by atoms with Gasteiger partial charge in [0.1, 0.15) is 33.5 Å². The van der Waals surface area contributed by atoms with Gasteiger partial charge in [0.05, 0.1) is 76.6 Å². The SMILES string of the molecule is CC1(C)c2ccccc2-c2ccc(-n3c4ccccc4c4c3ccc3c5ccccc5n(-c5ccc6c(c5)oc5ccccc56)c34)cc21.c1ccc2c(c1)oc1cc(-n3c4ccccc4c4ccc5c(c6ccccc6n5-c5cccc6c5sc5ccccc56)c43)ccc12.c1ccc2cc(-n3c4ccccc4c4c3ccc3c5ccccc5n(-c5ccc6c(c5)oc5ccccc56)c34)ccc2c1. The minimum Gasteiger partial charge on any atom is -0.456 e. The van der Waals surface area contributed by atoms with Gasteiger partial charge in [0.25, 0.3) is 0 Å². The first-order valence-electron chi connectivity index (χ1n) is 47.0. The van der Waals surface area contributed by atoms with Crippen molar-refractivity contribution in [3.8, 4) is 45.3 Å². The van der Waals surface area contributed by atoms with Crippen LogP contribution >= 0.6 is 11.3 Å². The van der Waals surface area contributed by atoms with Crippen molar-refractivity contribution < 1.29 is 13.3 Å². The lowest BCUT2D eigenvalue weighted by atomic mass is 9.82. The quantitative estimate of drug-likeness (QED) is 0.167. The van der Waals surface area contributed by atoms with E-state index in [1.54, 1.807) is 0 Å². The van der Waals surface area contributed by atoms with E-state index in [1.165, 1.54) is 195 Å². The van der Waals surface area contributed by atoms with Crippen LogP contribution in [-0.2, 0) is 5.41 Å². The number of nitrogens with zero attached hydrogens (tertiary/aromatic N) is 6. The number of fused-ring (bicyclic) bond motifs is 37. The van der Waals surface area contributed by atoms with E-state index in [9.17, 15) is 0 Å². The van der Waals surface area contributed by atoms with E-state index in [1.807, 2.05) is 47.7 Å². The normalized spacial score (nSPS) is 12.8. The average Bonchev–Trinajstić information content (AvgIpc) is 1.54. The topological polar surface area (TPSA) is 69.0 Å². The fourth-order valence-electron chi connectivity index (χ4n) is 23.8. The highest BCUT2D eigenvalue weighted by Crippen LogP contribution is 2.53. The third kappa shape index (κ3) is 10.8. The summed E-state index contributed by atoms with van der Waals surface area (Å²) < 4.78 is 36.4. The summed E-state index contributed by atoms with van der Waals surface area (Å²) in [4.78, 5) is 0. The maximum absolute atomic E-state index is 6.39. The Morgan fingerprint density at radius 1 is 0.197 bits per heavy atom. The molecule has 21 aromatic carbocycles. The monoisotopic (exact) mass is 1770 g/mol. The number of aromatic nitrogens is 6. The highest BCUT2D eigenvalue weighted by molar-refractivity contribution is 7.26. The lowest BCUT2D eigenvalue weighted by Gasteiger charge is -2.22. The number of para-hydroxylation sites is 9. The van der Waals surface area contributed by atoms with Gasteiger partial charge in [-0.05, 0) is 179 Å². The summed E-state index contributed by atoms with van der Waals surface area (Å²) in [5.41, 5.74) is 32.1. The molecule has 0 atom stereocenters. The van der Waals surface area contributed by atoms with Crippen LogP contribution in [-0.4, -0.2) is 27.4 Å². The Balaban J connectivity index is 0.0000000975. The molecule has 1 aliphatic rings. The van der Waals surface area contributed by atoms with Crippen molar-refractivity contribution in [3.63, 3.8) is 0 Å². The van der Waals surface area contributed by atoms with Crippen molar-refractivity contribution in [3.05, 3.63) is 448 Å². The van der Waals surface area contributed by atoms with Crippen LogP contribution in [0.2, 0.25) is 0 Å². The van der Waals surface area contributed by atoms with Crippen LogP contribution < -0.4 is 0 Å². The van der Waals surface area contributed by atoms with Crippen LogP contribution in [0.5, 0.6) is 0 Å². The van der Waals surface area contributed by atoms with Crippen LogP contribution in [0, 0.1) is 0 Å². The molecule has 0 N–H and O–H groups in total. The number of rotatable bonds is 6. The second-order valence-corrected chi connectivity index (χ2v) is 38.3. The van der Waals surface area contributed by atoms with Crippen LogP contribution in [0.1, 0.15) is 25.0 Å². The summed E-state index contributed by atoms with van der Waals surface area (Å²) >= 11 is 1.88. The minimum atomic E-state index is -0.0737. The first kappa shape index (κ1) is 75.9. The van der Waals surface area contributed by atoms with Gasteiger partial charge in [-0.1, -0.05) is 287 Å². The van der Waals surface area contributed by atoms with Crippen molar-refractivity contribution in [2.45, 2.75) is 19.3 Å². The summed E-state index contributed by atoms with van der Waals surface area (Å²) in [6.45, 7) is 4.71. The Bertz CT molecular complexity index is 10700. The summed E-state index contributed by atoms with van der Waals surface area (Å²) in [7, 11) is 0. The number of thiophene rings is 1. The lowest BCUT2D eigenvalue weighted by molar-refractivity contribution is 0.660. The standard InChI is InChI=1S/C45H30N2O.C42H24N2OS.C40H24N2O/c1-45(2)36-15-7-3-11-29(36)30-21-19-27(25-37(30)45)46-39-17-9-5-14-35(39)43-40(46)24-23-34-31-12-4-8-16-38(31)47(44(34)43)28-20-22-33-32-13-6-10-18-41(32)48-42(33)26-28;1-5-15-33-26(10-1)30-22-23-35-40(41(30)43(33)25-20-21-28-27-11-3-7-18-37(27)45-38(28)24-25)32-13-2-6-16-34(32)44(35)36-17-9-14-31-29-12-4-8-19-39(29)46-42(31)36;1-2-10-26-23-27(18-17-25(26)9-1)41-35-15-7-4-13-33(35)39-36(41)22-21-32-29-11-3-6-14-34(29)42(40(32)39)28-19-20-31-30-12-5-8-16-37(30)43-38(31)24-28/h3-26H,1-2H3;1-24H;1-24H. The van der Waals surface area contributed by atoms with Crippen LogP contribution in [0.25, 0.3) is 273 Å². The molecule has 1 aliphatic carbocycles. The molecule has 0 unspecified atom stereocenters. The predicted molar refractivity (Wildman–Crippen MR) is 575 cm³/mol. The molecule has 640 valence electrons. The molecule has 0 amide bonds. The lowest BCUT2D eigenvalue weighted by Crippen LogP contribution is -2.15. The molecule has 31 aromatic rings. The second kappa shape index (κ2) is 28.7. The smallest absolute Gasteiger partial charge is 0.137 e. The highest BCUT2D eigenvalue weighted by Gasteiger charge is 2.36. The minimum absolute atomic E-state index is 0.0737. The molecule has 10 heterocycles. The maximum Gasteiger partial charge on any atom is 0.137 e. The summed E-state index contributed by atoms with van der Waals surface area (Å²) in [6, 6.07) is 158. The number of hydrogen-bond acceptors (Lipinski definition) is 4. The van der Waals surface area contributed by atoms with Gasteiger partial charge in [0.15, 0.2) is 0 Å². The molecule has 0 radical (unpaired) electrons. The number of furan rings is 3. The second-order valence-electron chi connectivity index (χ2n) is 37.2. The predicted octanol–water partition coefficient (Wildman–Crippen LogP) is 35.2. The van der Waals surface area contributed by atoms with Crippen LogP contribution in [0.4, 0.5) is 0 Å². The maximum atomic E-state index is 6.39. The molecule has 0 bridgehead atoms. The first-order valence-corrected chi connectivity index (χ1v) is 47.8. The van der Waals surface area contributed by atoms with Gasteiger partial charge in [-0.2, -0.15) is 0 Å². The molecular formula is C127H78N6O3S. The van der Waals surface area contributed by atoms with E-state index in [4.69, 9.17) is 13.3 Å². The summed E-state index contributed by atoms with van der Waals surface area (Å²) in [6.07, 6.45) is 0. The molecular weight excluding hydrogens is 1690 g/mol. The fourth-order valence-corrected chi connectivity index (χ4v) is 25.0. The molecule has 0 saturated carbocycles. The van der Waals surface area contributed by atoms with E-state index in [2.05, 4.69) is 442 Å². The number of benzene rings is 21. The van der Waals surface area contributed by atoms with E-state index in [-0.39, 0.29) is 5.41 Å². The Hall–Kier alpha value is -17.7. The third-order valence-corrected chi connectivity index (χ3v) is 30.9. The van der Waals surface area contributed by atoms with Crippen molar-refractivity contribution in [1.82, 2.24) is 27.4 Å². The van der Waals surface area contributed by atoms with E-state index in [0.717, 1.165) is 88.6 Å². The molecule has 9 nitrogen and oxygen atoms in total. The Morgan fingerprint density at radius 2 is 0.526 bits per heavy atom. The molecule has 0 fully saturated rings. The molecule has 0 saturated heterocycles. The zero-order valence-corrected chi connectivity index (χ0v) is 75.2. The van der Waals surface area contributed by atoms with Crippen LogP contribution in [0.15, 0.2) is 450 Å². The zero-order valence-electron chi connectivity index (χ0n) is 74.4. The molecule has 10 aromatic heterocycles. The molecule has 0 aliphatic heterocycles. The first-order chi connectivity index (χ1) is 67.7. The largest absolute Gasteiger partial charge is 0.456 e. The van der Waals surface area contributed by atoms with Crippen molar-refractivity contribution in [2.24, 2.45) is 0 Å². The summed E-state index contributed by atoms with van der Waals surface area (Å²) in [5, 5.41) is 26.9. The van der Waals surface area contributed by atoms with Gasteiger partial charge in [-0.15, -0.1) is 11.3 Å². The van der Waals surface area contributed by atoms with Crippen LogP contribution in [0.3, 0.4) is 0 Å². The van der Waals surface area contributed by atoms with Gasteiger partial charge in [0, 0.05) is 164 Å². The third-order valence-electron chi connectivity index (χ3n) is 29.7.